The number of fused-ring (bicyclic) bond motifs is 6. The quantitative estimate of drug-likeness (QED) is 0.174. The van der Waals surface area contributed by atoms with Gasteiger partial charge in [0.15, 0.2) is 10.2 Å². The molecule has 1 aliphatic heterocycles. The van der Waals surface area contributed by atoms with Crippen LogP contribution < -0.4 is 14.4 Å². The van der Waals surface area contributed by atoms with E-state index in [2.05, 4.69) is 14.8 Å². The Morgan fingerprint density at radius 2 is 1.76 bits per heavy atom. The molecule has 1 aliphatic rings. The van der Waals surface area contributed by atoms with E-state index in [1.54, 1.807) is 19.1 Å². The molecule has 4 heterocycles. The van der Waals surface area contributed by atoms with Crippen LogP contribution in [0.2, 0.25) is 0 Å². The molecule has 0 aliphatic carbocycles. The van der Waals surface area contributed by atoms with Gasteiger partial charge in [-0.2, -0.15) is 21.6 Å². The predicted octanol–water partition coefficient (Wildman–Crippen LogP) is 7.97. The minimum Gasteiger partial charge on any atom is -0.481 e. The van der Waals surface area contributed by atoms with Gasteiger partial charge in [0, 0.05) is 30.9 Å². The van der Waals surface area contributed by atoms with Crippen LogP contribution in [0.25, 0.3) is 16.3 Å². The molecular formula is C35H43F3N6O5S2. The van der Waals surface area contributed by atoms with Crippen molar-refractivity contribution in [2.75, 3.05) is 29.3 Å². The molecule has 16 heteroatoms. The van der Waals surface area contributed by atoms with Crippen molar-refractivity contribution < 1.29 is 36.2 Å². The molecule has 3 aromatic heterocycles. The maximum atomic E-state index is 13.8. The predicted molar refractivity (Wildman–Crippen MR) is 190 cm³/mol. The van der Waals surface area contributed by atoms with E-state index >= 15 is 0 Å². The highest BCUT2D eigenvalue weighted by Crippen LogP contribution is 2.39. The van der Waals surface area contributed by atoms with Gasteiger partial charge in [0.2, 0.25) is 5.88 Å². The Hall–Kier alpha value is -4.18. The molecule has 4 bridgehead atoms. The molecule has 51 heavy (non-hydrogen) atoms. The third-order valence-electron chi connectivity index (χ3n) is 9.01. The number of alkyl halides is 3. The highest BCUT2D eigenvalue weighted by atomic mass is 32.2. The topological polar surface area (TPSA) is 140 Å². The Labute approximate surface area is 299 Å². The van der Waals surface area contributed by atoms with Gasteiger partial charge in [-0.05, 0) is 64.2 Å². The van der Waals surface area contributed by atoms with E-state index < -0.39 is 39.6 Å². The van der Waals surface area contributed by atoms with Gasteiger partial charge in [-0.3, -0.25) is 9.52 Å². The van der Waals surface area contributed by atoms with Gasteiger partial charge >= 0.3 is 12.1 Å². The zero-order valence-electron chi connectivity index (χ0n) is 29.0. The first-order valence-corrected chi connectivity index (χ1v) is 19.2. The van der Waals surface area contributed by atoms with Gasteiger partial charge in [0.1, 0.15) is 23.1 Å². The van der Waals surface area contributed by atoms with Crippen molar-refractivity contribution in [3.8, 4) is 22.1 Å². The number of aliphatic carboxylic acids is 1. The van der Waals surface area contributed by atoms with Crippen molar-refractivity contribution in [3.05, 3.63) is 60.3 Å². The molecule has 1 aromatic carbocycles. The Morgan fingerprint density at radius 1 is 1.02 bits per heavy atom. The van der Waals surface area contributed by atoms with E-state index in [0.29, 0.717) is 42.3 Å². The van der Waals surface area contributed by atoms with E-state index in [9.17, 15) is 31.5 Å². The van der Waals surface area contributed by atoms with E-state index in [1.807, 2.05) is 36.1 Å². The second-order valence-electron chi connectivity index (χ2n) is 13.7. The van der Waals surface area contributed by atoms with Crippen LogP contribution in [0.15, 0.2) is 59.8 Å². The highest BCUT2D eigenvalue weighted by molar-refractivity contribution is 7.92. The number of ether oxygens (including phenoxy) is 1. The molecule has 0 saturated heterocycles. The van der Waals surface area contributed by atoms with Gasteiger partial charge in [-0.1, -0.05) is 67.9 Å². The molecule has 11 nitrogen and oxygen atoms in total. The average molecular weight is 749 g/mol. The molecule has 0 spiro atoms. The SMILES string of the molecule is CCC[C@@](C)(CN1CCCCCCc2ccccc2-c2nc(sc2-n2ccc(OCC(C)(C)C(F)(F)F)n2)NS(=O)(=O)c2cccc1n2)C(=O)O. The second kappa shape index (κ2) is 15.2. The zero-order chi connectivity index (χ0) is 37.0. The lowest BCUT2D eigenvalue weighted by Gasteiger charge is -2.33. The van der Waals surface area contributed by atoms with Gasteiger partial charge in [-0.15, -0.1) is 5.10 Å². The molecule has 0 saturated carbocycles. The van der Waals surface area contributed by atoms with Gasteiger partial charge in [-0.25, -0.2) is 14.6 Å². The van der Waals surface area contributed by atoms with Crippen LogP contribution in [0.1, 0.15) is 71.8 Å². The largest absolute Gasteiger partial charge is 0.481 e. The molecule has 0 amide bonds. The number of anilines is 2. The molecule has 0 unspecified atom stereocenters. The lowest BCUT2D eigenvalue weighted by Crippen LogP contribution is -2.42. The van der Waals surface area contributed by atoms with Crippen LogP contribution in [0.4, 0.5) is 24.1 Å². The van der Waals surface area contributed by atoms with Crippen molar-refractivity contribution in [2.45, 2.75) is 83.8 Å². The smallest absolute Gasteiger partial charge is 0.397 e. The summed E-state index contributed by atoms with van der Waals surface area (Å²) in [7, 11) is -4.28. The second-order valence-corrected chi connectivity index (χ2v) is 16.3. The third kappa shape index (κ3) is 8.83. The van der Waals surface area contributed by atoms with Crippen molar-refractivity contribution >= 4 is 38.3 Å². The summed E-state index contributed by atoms with van der Waals surface area (Å²) in [5.74, 6) is -0.593. The van der Waals surface area contributed by atoms with Crippen LogP contribution in [-0.4, -0.2) is 65.1 Å². The Morgan fingerprint density at radius 3 is 2.49 bits per heavy atom. The summed E-state index contributed by atoms with van der Waals surface area (Å²) in [6.45, 7) is 5.76. The van der Waals surface area contributed by atoms with E-state index in [1.165, 1.54) is 23.0 Å². The number of nitrogens with zero attached hydrogens (tertiary/aromatic N) is 5. The average Bonchev–Trinajstić information content (AvgIpc) is 3.71. The van der Waals surface area contributed by atoms with Gasteiger partial charge in [0.05, 0.1) is 10.8 Å². The van der Waals surface area contributed by atoms with E-state index in [0.717, 1.165) is 62.0 Å². The van der Waals surface area contributed by atoms with Crippen molar-refractivity contribution in [2.24, 2.45) is 10.8 Å². The molecule has 0 radical (unpaired) electrons. The highest BCUT2D eigenvalue weighted by Gasteiger charge is 2.48. The Kier molecular flexibility index (Phi) is 11.3. The summed E-state index contributed by atoms with van der Waals surface area (Å²) < 4.78 is 77.4. The Balaban J connectivity index is 1.54. The summed E-state index contributed by atoms with van der Waals surface area (Å²) >= 11 is 1.01. The number of sulfonamides is 1. The fourth-order valence-electron chi connectivity index (χ4n) is 5.86. The standard InChI is InChI=1S/C35H43F3N6O5S2/c1-5-19-34(4,31(45)46)22-43-20-11-7-6-8-13-24-14-9-10-15-25(24)29-30(44-21-18-27(41-44)49-23-33(2,3)35(36,37)38)50-32(40-29)42-51(47,48)28-17-12-16-26(43)39-28/h9-10,12,14-18,21H,5-8,11,13,19-20,22-23H2,1-4H3,(H,40,42)(H,45,46)/t34-/m0/s1. The Bertz CT molecular complexity index is 1950. The number of carbonyl (C=O) groups is 1. The number of nitrogens with one attached hydrogen (secondary N) is 1. The minimum atomic E-state index is -4.48. The fourth-order valence-corrected chi connectivity index (χ4v) is 7.97. The number of rotatable bonds is 9. The fraction of sp³-hybridized carbons (Fsp3) is 0.486. The van der Waals surface area contributed by atoms with Crippen molar-refractivity contribution in [1.82, 2.24) is 19.7 Å². The first kappa shape index (κ1) is 38.1. The summed E-state index contributed by atoms with van der Waals surface area (Å²) in [6, 6.07) is 13.7. The van der Waals surface area contributed by atoms with E-state index in [4.69, 9.17) is 9.72 Å². The molecule has 4 aromatic rings. The van der Waals surface area contributed by atoms with Gasteiger partial charge in [0.25, 0.3) is 10.0 Å². The van der Waals surface area contributed by atoms with Crippen molar-refractivity contribution in [1.29, 1.82) is 0 Å². The molecule has 0 fully saturated rings. The summed E-state index contributed by atoms with van der Waals surface area (Å²) in [5.41, 5.74) is -0.967. The van der Waals surface area contributed by atoms with Crippen LogP contribution in [0, 0.1) is 10.8 Å². The minimum absolute atomic E-state index is 0.0277. The lowest BCUT2D eigenvalue weighted by molar-refractivity contribution is -0.219. The first-order valence-electron chi connectivity index (χ1n) is 16.9. The maximum Gasteiger partial charge on any atom is 0.397 e. The van der Waals surface area contributed by atoms with Gasteiger partial charge < -0.3 is 14.7 Å². The lowest BCUT2D eigenvalue weighted by atomic mass is 9.85. The van der Waals surface area contributed by atoms with Crippen molar-refractivity contribution in [3.63, 3.8) is 0 Å². The summed E-state index contributed by atoms with van der Waals surface area (Å²) in [5, 5.41) is 14.7. The van der Waals surface area contributed by atoms with Crippen LogP contribution in [0.5, 0.6) is 5.88 Å². The number of aryl methyl sites for hydroxylation is 1. The third-order valence-corrected chi connectivity index (χ3v) is 11.3. The molecule has 2 N–H and O–H groups in total. The van der Waals surface area contributed by atoms with E-state index in [-0.39, 0.29) is 22.6 Å². The first-order chi connectivity index (χ1) is 24.0. The molecule has 276 valence electrons. The number of benzene rings is 1. The monoisotopic (exact) mass is 748 g/mol. The number of thiazole rings is 1. The summed E-state index contributed by atoms with van der Waals surface area (Å²) in [6.07, 6.45) is 2.27. The molecule has 1 atom stereocenters. The number of hydrogen-bond donors (Lipinski definition) is 2. The number of pyridine rings is 1. The van der Waals surface area contributed by atoms with Crippen LogP contribution in [-0.2, 0) is 21.2 Å². The number of aromatic nitrogens is 4. The number of hydrogen-bond acceptors (Lipinski definition) is 9. The normalized spacial score (nSPS) is 16.7. The number of halogens is 3. The molecule has 5 rings (SSSR count). The molecular weight excluding hydrogens is 706 g/mol. The van der Waals surface area contributed by atoms with Crippen LogP contribution >= 0.6 is 11.3 Å². The maximum absolute atomic E-state index is 13.8. The number of carboxylic acids is 1. The summed E-state index contributed by atoms with van der Waals surface area (Å²) in [4.78, 5) is 23.4. The number of carboxylic acid groups (broad SMARTS) is 1. The zero-order valence-corrected chi connectivity index (χ0v) is 30.7. The van der Waals surface area contributed by atoms with Crippen LogP contribution in [0.3, 0.4) is 0 Å².